The normalized spacial score (nSPS) is 12.2. The van der Waals surface area contributed by atoms with E-state index in [0.717, 1.165) is 0 Å². The largest absolute Gasteiger partial charge is 0.477 e. The molecule has 1 heterocycles. The summed E-state index contributed by atoms with van der Waals surface area (Å²) in [5.74, 6) is -0.880. The van der Waals surface area contributed by atoms with Crippen molar-refractivity contribution in [3.63, 3.8) is 0 Å². The highest BCUT2D eigenvalue weighted by molar-refractivity contribution is 5.85. The summed E-state index contributed by atoms with van der Waals surface area (Å²) >= 11 is 0. The molecule has 0 aromatic carbocycles. The predicted octanol–water partition coefficient (Wildman–Crippen LogP) is 0.276. The van der Waals surface area contributed by atoms with E-state index in [4.69, 9.17) is 10.2 Å². The summed E-state index contributed by atoms with van der Waals surface area (Å²) in [6.45, 7) is 3.36. The summed E-state index contributed by atoms with van der Waals surface area (Å²) in [5.41, 5.74) is 0.505. The van der Waals surface area contributed by atoms with Gasteiger partial charge < -0.3 is 15.5 Å². The number of carboxylic acids is 1. The standard InChI is InChI=1S/C9H13N3O3/c1-5-3-7(8(14)15)12-9(10-5)11-6(2)4-13/h3,6,13H,4H2,1-2H3,(H,14,15)(H,10,11,12). The molecule has 0 aliphatic carbocycles. The fourth-order valence-electron chi connectivity index (χ4n) is 1.01. The van der Waals surface area contributed by atoms with Crippen molar-refractivity contribution in [3.8, 4) is 0 Å². The van der Waals surface area contributed by atoms with Gasteiger partial charge in [0, 0.05) is 11.7 Å². The van der Waals surface area contributed by atoms with E-state index >= 15 is 0 Å². The average molecular weight is 211 g/mol. The lowest BCUT2D eigenvalue weighted by atomic mass is 10.3. The van der Waals surface area contributed by atoms with Crippen molar-refractivity contribution in [2.75, 3.05) is 11.9 Å². The third-order valence-electron chi connectivity index (χ3n) is 1.72. The minimum Gasteiger partial charge on any atom is -0.477 e. The number of anilines is 1. The molecule has 0 radical (unpaired) electrons. The monoisotopic (exact) mass is 211 g/mol. The molecule has 0 aliphatic heterocycles. The molecule has 0 spiro atoms. The zero-order valence-corrected chi connectivity index (χ0v) is 8.56. The van der Waals surface area contributed by atoms with Crippen molar-refractivity contribution in [3.05, 3.63) is 17.5 Å². The summed E-state index contributed by atoms with van der Waals surface area (Å²) in [7, 11) is 0. The van der Waals surface area contributed by atoms with Gasteiger partial charge in [0.25, 0.3) is 0 Å². The summed E-state index contributed by atoms with van der Waals surface area (Å²) in [4.78, 5) is 18.5. The summed E-state index contributed by atoms with van der Waals surface area (Å²) in [6, 6.07) is 1.17. The maximum Gasteiger partial charge on any atom is 0.354 e. The number of hydrogen-bond donors (Lipinski definition) is 3. The molecular weight excluding hydrogens is 198 g/mol. The molecule has 1 unspecified atom stereocenters. The van der Waals surface area contributed by atoms with Gasteiger partial charge in [-0.25, -0.2) is 14.8 Å². The SMILES string of the molecule is Cc1cc(C(=O)O)nc(NC(C)CO)n1. The Hall–Kier alpha value is -1.69. The maximum atomic E-state index is 10.7. The van der Waals surface area contributed by atoms with E-state index in [9.17, 15) is 4.79 Å². The minimum atomic E-state index is -1.10. The fraction of sp³-hybridized carbons (Fsp3) is 0.444. The number of aromatic carboxylic acids is 1. The predicted molar refractivity (Wildman–Crippen MR) is 53.9 cm³/mol. The Kier molecular flexibility index (Phi) is 3.56. The summed E-state index contributed by atoms with van der Waals surface area (Å²) < 4.78 is 0. The van der Waals surface area contributed by atoms with E-state index in [2.05, 4.69) is 15.3 Å². The summed E-state index contributed by atoms with van der Waals surface area (Å²) in [6.07, 6.45) is 0. The van der Waals surface area contributed by atoms with E-state index in [-0.39, 0.29) is 24.3 Å². The molecule has 1 atom stereocenters. The second-order valence-corrected chi connectivity index (χ2v) is 3.25. The number of hydrogen-bond acceptors (Lipinski definition) is 5. The van der Waals surface area contributed by atoms with Crippen molar-refractivity contribution in [2.24, 2.45) is 0 Å². The van der Waals surface area contributed by atoms with Crippen LogP contribution in [0.25, 0.3) is 0 Å². The number of aryl methyl sites for hydroxylation is 1. The van der Waals surface area contributed by atoms with Gasteiger partial charge in [0.05, 0.1) is 6.61 Å². The first kappa shape index (κ1) is 11.4. The molecule has 6 nitrogen and oxygen atoms in total. The minimum absolute atomic E-state index is 0.0601. The average Bonchev–Trinajstić information content (AvgIpc) is 2.16. The highest BCUT2D eigenvalue weighted by Crippen LogP contribution is 2.06. The van der Waals surface area contributed by atoms with Crippen molar-refractivity contribution < 1.29 is 15.0 Å². The highest BCUT2D eigenvalue weighted by Gasteiger charge is 2.09. The number of carboxylic acid groups (broad SMARTS) is 1. The third-order valence-corrected chi connectivity index (χ3v) is 1.72. The van der Waals surface area contributed by atoms with E-state index in [0.29, 0.717) is 5.69 Å². The lowest BCUT2D eigenvalue weighted by Gasteiger charge is -2.11. The van der Waals surface area contributed by atoms with Crippen LogP contribution in [0.5, 0.6) is 0 Å². The second-order valence-electron chi connectivity index (χ2n) is 3.25. The lowest BCUT2D eigenvalue weighted by molar-refractivity contribution is 0.0690. The molecule has 0 saturated heterocycles. The van der Waals surface area contributed by atoms with Gasteiger partial charge in [-0.3, -0.25) is 0 Å². The van der Waals surface area contributed by atoms with Gasteiger partial charge >= 0.3 is 5.97 Å². The van der Waals surface area contributed by atoms with Crippen molar-refractivity contribution in [1.82, 2.24) is 9.97 Å². The first-order chi connectivity index (χ1) is 7.02. The Morgan fingerprint density at radius 3 is 2.80 bits per heavy atom. The Balaban J connectivity index is 2.93. The molecule has 0 fully saturated rings. The topological polar surface area (TPSA) is 95.3 Å². The van der Waals surface area contributed by atoms with Crippen LogP contribution in [0, 0.1) is 6.92 Å². The van der Waals surface area contributed by atoms with Gasteiger partial charge in [0.1, 0.15) is 0 Å². The number of aromatic nitrogens is 2. The highest BCUT2D eigenvalue weighted by atomic mass is 16.4. The molecule has 0 saturated carbocycles. The molecule has 15 heavy (non-hydrogen) atoms. The number of carbonyl (C=O) groups is 1. The van der Waals surface area contributed by atoms with Gasteiger partial charge in [-0.05, 0) is 19.9 Å². The van der Waals surface area contributed by atoms with Gasteiger partial charge in [-0.2, -0.15) is 0 Å². The molecule has 1 rings (SSSR count). The molecule has 0 bridgehead atoms. The van der Waals surface area contributed by atoms with Crippen molar-refractivity contribution in [1.29, 1.82) is 0 Å². The van der Waals surface area contributed by atoms with E-state index < -0.39 is 5.97 Å². The van der Waals surface area contributed by atoms with Crippen LogP contribution in [-0.4, -0.2) is 38.8 Å². The summed E-state index contributed by atoms with van der Waals surface area (Å²) in [5, 5.41) is 20.4. The van der Waals surface area contributed by atoms with E-state index in [1.165, 1.54) is 6.07 Å². The molecule has 0 aliphatic rings. The Labute approximate surface area is 87.0 Å². The molecule has 6 heteroatoms. The molecule has 1 aromatic rings. The van der Waals surface area contributed by atoms with Gasteiger partial charge in [-0.1, -0.05) is 0 Å². The molecular formula is C9H13N3O3. The maximum absolute atomic E-state index is 10.7. The van der Waals surface area contributed by atoms with Crippen LogP contribution in [0.15, 0.2) is 6.07 Å². The third kappa shape index (κ3) is 3.17. The van der Waals surface area contributed by atoms with Crippen LogP contribution in [0.4, 0.5) is 5.95 Å². The Bertz CT molecular complexity index is 368. The van der Waals surface area contributed by atoms with Gasteiger partial charge in [0.15, 0.2) is 5.69 Å². The zero-order valence-electron chi connectivity index (χ0n) is 8.56. The smallest absolute Gasteiger partial charge is 0.354 e. The van der Waals surface area contributed by atoms with Crippen LogP contribution >= 0.6 is 0 Å². The van der Waals surface area contributed by atoms with Crippen LogP contribution in [-0.2, 0) is 0 Å². The first-order valence-electron chi connectivity index (χ1n) is 4.49. The number of aliphatic hydroxyl groups is 1. The quantitative estimate of drug-likeness (QED) is 0.662. The van der Waals surface area contributed by atoms with Gasteiger partial charge in [-0.15, -0.1) is 0 Å². The molecule has 1 aromatic heterocycles. The number of aliphatic hydroxyl groups excluding tert-OH is 1. The van der Waals surface area contributed by atoms with Gasteiger partial charge in [0.2, 0.25) is 5.95 Å². The second kappa shape index (κ2) is 4.70. The van der Waals surface area contributed by atoms with Crippen LogP contribution in [0.3, 0.4) is 0 Å². The van der Waals surface area contributed by atoms with Crippen molar-refractivity contribution in [2.45, 2.75) is 19.9 Å². The Morgan fingerprint density at radius 1 is 1.60 bits per heavy atom. The van der Waals surface area contributed by atoms with Crippen molar-refractivity contribution >= 4 is 11.9 Å². The van der Waals surface area contributed by atoms with Crippen LogP contribution in [0.1, 0.15) is 23.1 Å². The molecule has 3 N–H and O–H groups in total. The zero-order chi connectivity index (χ0) is 11.4. The fourth-order valence-corrected chi connectivity index (χ4v) is 1.01. The van der Waals surface area contributed by atoms with Crippen LogP contribution < -0.4 is 5.32 Å². The number of nitrogens with one attached hydrogen (secondary N) is 1. The van der Waals surface area contributed by atoms with Crippen LogP contribution in [0.2, 0.25) is 0 Å². The lowest BCUT2D eigenvalue weighted by Crippen LogP contribution is -2.21. The first-order valence-corrected chi connectivity index (χ1v) is 4.49. The number of nitrogens with zero attached hydrogens (tertiary/aromatic N) is 2. The van der Waals surface area contributed by atoms with E-state index in [1.54, 1.807) is 13.8 Å². The van der Waals surface area contributed by atoms with E-state index in [1.807, 2.05) is 0 Å². The molecule has 0 amide bonds. The number of rotatable bonds is 4. The Morgan fingerprint density at radius 2 is 2.27 bits per heavy atom. The molecule has 82 valence electrons.